The molecule has 0 heterocycles. The van der Waals surface area contributed by atoms with Crippen molar-refractivity contribution in [3.05, 3.63) is 75.3 Å². The molecule has 2 aromatic carbocycles. The number of hydrogen-bond acceptors (Lipinski definition) is 4. The maximum Gasteiger partial charge on any atom is 0.271 e. The lowest BCUT2D eigenvalue weighted by Crippen LogP contribution is -2.19. The van der Waals surface area contributed by atoms with Crippen LogP contribution in [0.5, 0.6) is 0 Å². The topological polar surface area (TPSA) is 84.6 Å². The number of hydrogen-bond donors (Lipinski definition) is 1. The van der Waals surface area contributed by atoms with Crippen LogP contribution in [0, 0.1) is 17.0 Å². The average Bonchev–Trinajstić information content (AvgIpc) is 2.52. The zero-order valence-corrected chi connectivity index (χ0v) is 12.2. The van der Waals surface area contributed by atoms with E-state index >= 15 is 0 Å². The van der Waals surface area contributed by atoms with Gasteiger partial charge in [0.1, 0.15) is 0 Å². The van der Waals surface area contributed by atoms with Gasteiger partial charge in [-0.2, -0.15) is 5.10 Å². The fourth-order valence-electron chi connectivity index (χ4n) is 1.87. The van der Waals surface area contributed by atoms with Crippen LogP contribution in [0.1, 0.15) is 28.4 Å². The highest BCUT2D eigenvalue weighted by Gasteiger charge is 2.07. The molecule has 6 heteroatoms. The number of non-ortho nitro benzene ring substituents is 1. The van der Waals surface area contributed by atoms with Gasteiger partial charge in [0, 0.05) is 17.7 Å². The van der Waals surface area contributed by atoms with Crippen molar-refractivity contribution in [2.45, 2.75) is 13.8 Å². The Bertz CT molecular complexity index is 737. The molecule has 0 aliphatic rings. The van der Waals surface area contributed by atoms with Crippen LogP contribution in [0.15, 0.2) is 53.6 Å². The van der Waals surface area contributed by atoms with Gasteiger partial charge in [0.15, 0.2) is 0 Å². The highest BCUT2D eigenvalue weighted by atomic mass is 16.6. The number of nitro groups is 1. The zero-order valence-electron chi connectivity index (χ0n) is 12.2. The summed E-state index contributed by atoms with van der Waals surface area (Å²) in [5, 5.41) is 14.6. The second kappa shape index (κ2) is 6.62. The van der Waals surface area contributed by atoms with Gasteiger partial charge in [0.2, 0.25) is 0 Å². The average molecular weight is 297 g/mol. The third-order valence-corrected chi connectivity index (χ3v) is 3.10. The highest BCUT2D eigenvalue weighted by Crippen LogP contribution is 2.12. The number of aryl methyl sites for hydroxylation is 1. The molecule has 112 valence electrons. The summed E-state index contributed by atoms with van der Waals surface area (Å²) in [7, 11) is 0. The van der Waals surface area contributed by atoms with E-state index in [9.17, 15) is 14.9 Å². The molecule has 0 fully saturated rings. The molecule has 1 N–H and O–H groups in total. The normalized spacial score (nSPS) is 11.1. The molecule has 2 aromatic rings. The van der Waals surface area contributed by atoms with Crippen molar-refractivity contribution in [2.24, 2.45) is 5.10 Å². The van der Waals surface area contributed by atoms with Crippen molar-refractivity contribution >= 4 is 17.3 Å². The van der Waals surface area contributed by atoms with Gasteiger partial charge in [0.05, 0.1) is 10.6 Å². The number of nitrogens with one attached hydrogen (secondary N) is 1. The summed E-state index contributed by atoms with van der Waals surface area (Å²) in [6.45, 7) is 3.62. The van der Waals surface area contributed by atoms with E-state index in [1.54, 1.807) is 37.3 Å². The minimum Gasteiger partial charge on any atom is -0.267 e. The van der Waals surface area contributed by atoms with Crippen LogP contribution in [0.25, 0.3) is 0 Å². The van der Waals surface area contributed by atoms with E-state index in [4.69, 9.17) is 0 Å². The molecule has 0 atom stereocenters. The Kier molecular flexibility index (Phi) is 4.63. The van der Waals surface area contributed by atoms with Crippen LogP contribution in [-0.4, -0.2) is 16.5 Å². The van der Waals surface area contributed by atoms with Crippen molar-refractivity contribution in [3.8, 4) is 0 Å². The first kappa shape index (κ1) is 15.4. The van der Waals surface area contributed by atoms with E-state index in [2.05, 4.69) is 10.5 Å². The molecule has 6 nitrogen and oxygen atoms in total. The Morgan fingerprint density at radius 3 is 2.41 bits per heavy atom. The third kappa shape index (κ3) is 3.76. The van der Waals surface area contributed by atoms with Crippen molar-refractivity contribution in [1.29, 1.82) is 0 Å². The van der Waals surface area contributed by atoms with E-state index in [0.717, 1.165) is 5.56 Å². The first-order valence-electron chi connectivity index (χ1n) is 6.63. The molecule has 0 aromatic heterocycles. The molecule has 0 bridgehead atoms. The monoisotopic (exact) mass is 297 g/mol. The predicted octanol–water partition coefficient (Wildman–Crippen LogP) is 3.06. The summed E-state index contributed by atoms with van der Waals surface area (Å²) < 4.78 is 0. The second-order valence-corrected chi connectivity index (χ2v) is 4.81. The van der Waals surface area contributed by atoms with Crippen LogP contribution in [-0.2, 0) is 0 Å². The van der Waals surface area contributed by atoms with Gasteiger partial charge in [-0.1, -0.05) is 17.7 Å². The first-order chi connectivity index (χ1) is 10.5. The third-order valence-electron chi connectivity index (χ3n) is 3.10. The Morgan fingerprint density at radius 2 is 1.82 bits per heavy atom. The van der Waals surface area contributed by atoms with E-state index in [-0.39, 0.29) is 11.6 Å². The molecule has 0 unspecified atom stereocenters. The molecule has 22 heavy (non-hydrogen) atoms. The van der Waals surface area contributed by atoms with Crippen molar-refractivity contribution in [3.63, 3.8) is 0 Å². The van der Waals surface area contributed by atoms with Crippen LogP contribution in [0.3, 0.4) is 0 Å². The fraction of sp³-hybridized carbons (Fsp3) is 0.125. The molecule has 0 aliphatic carbocycles. The molecule has 0 radical (unpaired) electrons. The molecular formula is C16H15N3O3. The molecule has 0 saturated carbocycles. The molecular weight excluding hydrogens is 282 g/mol. The summed E-state index contributed by atoms with van der Waals surface area (Å²) >= 11 is 0. The lowest BCUT2D eigenvalue weighted by atomic mass is 10.1. The molecule has 0 aliphatic heterocycles. The predicted molar refractivity (Wildman–Crippen MR) is 84.0 cm³/mol. The van der Waals surface area contributed by atoms with Crippen molar-refractivity contribution in [1.82, 2.24) is 5.43 Å². The quantitative estimate of drug-likeness (QED) is 0.534. The first-order valence-corrected chi connectivity index (χ1v) is 6.63. The lowest BCUT2D eigenvalue weighted by Gasteiger charge is -2.04. The number of hydrazone groups is 1. The van der Waals surface area contributed by atoms with Crippen molar-refractivity contribution < 1.29 is 9.72 Å². The largest absolute Gasteiger partial charge is 0.271 e. The summed E-state index contributed by atoms with van der Waals surface area (Å²) in [4.78, 5) is 22.1. The number of nitrogens with zero attached hydrogens (tertiary/aromatic N) is 2. The Hall–Kier alpha value is -3.02. The SMILES string of the molecule is CC(=NNC(=O)c1cccc(C)c1)c1ccc([N+](=O)[O-])cc1. The maximum atomic E-state index is 12.0. The Balaban J connectivity index is 2.09. The van der Waals surface area contributed by atoms with Gasteiger partial charge in [-0.15, -0.1) is 0 Å². The molecule has 1 amide bonds. The van der Waals surface area contributed by atoms with E-state index in [1.165, 1.54) is 12.1 Å². The van der Waals surface area contributed by atoms with E-state index in [1.807, 2.05) is 13.0 Å². The van der Waals surface area contributed by atoms with E-state index in [0.29, 0.717) is 16.8 Å². The number of benzene rings is 2. The smallest absolute Gasteiger partial charge is 0.267 e. The maximum absolute atomic E-state index is 12.0. The highest BCUT2D eigenvalue weighted by molar-refractivity contribution is 6.01. The van der Waals surface area contributed by atoms with Crippen LogP contribution >= 0.6 is 0 Å². The minimum absolute atomic E-state index is 0.0142. The molecule has 0 saturated heterocycles. The zero-order chi connectivity index (χ0) is 16.1. The summed E-state index contributed by atoms with van der Waals surface area (Å²) in [6, 6.07) is 13.2. The van der Waals surface area contributed by atoms with Gasteiger partial charge >= 0.3 is 0 Å². The Labute approximate surface area is 127 Å². The summed E-state index contributed by atoms with van der Waals surface area (Å²) in [5.74, 6) is -0.301. The molecule has 2 rings (SSSR count). The Morgan fingerprint density at radius 1 is 1.14 bits per heavy atom. The second-order valence-electron chi connectivity index (χ2n) is 4.81. The number of amides is 1. The number of carbonyl (C=O) groups excluding carboxylic acids is 1. The number of rotatable bonds is 4. The van der Waals surface area contributed by atoms with Crippen molar-refractivity contribution in [2.75, 3.05) is 0 Å². The number of carbonyl (C=O) groups is 1. The lowest BCUT2D eigenvalue weighted by molar-refractivity contribution is -0.384. The minimum atomic E-state index is -0.463. The number of nitro benzene ring substituents is 1. The van der Waals surface area contributed by atoms with Gasteiger partial charge in [-0.25, -0.2) is 5.43 Å². The fourth-order valence-corrected chi connectivity index (χ4v) is 1.87. The van der Waals surface area contributed by atoms with Gasteiger partial charge < -0.3 is 0 Å². The summed E-state index contributed by atoms with van der Waals surface area (Å²) in [6.07, 6.45) is 0. The van der Waals surface area contributed by atoms with Gasteiger partial charge in [-0.3, -0.25) is 14.9 Å². The van der Waals surface area contributed by atoms with E-state index < -0.39 is 4.92 Å². The van der Waals surface area contributed by atoms with Gasteiger partial charge in [0.25, 0.3) is 11.6 Å². The summed E-state index contributed by atoms with van der Waals surface area (Å²) in [5.41, 5.74) is 5.28. The standard InChI is InChI=1S/C16H15N3O3/c1-11-4-3-5-14(10-11)16(20)18-17-12(2)13-6-8-15(9-7-13)19(21)22/h3-10H,1-2H3,(H,18,20). The van der Waals surface area contributed by atoms with Crippen LogP contribution in [0.2, 0.25) is 0 Å². The van der Waals surface area contributed by atoms with Crippen LogP contribution in [0.4, 0.5) is 5.69 Å². The van der Waals surface area contributed by atoms with Gasteiger partial charge in [-0.05, 0) is 43.7 Å². The van der Waals surface area contributed by atoms with Crippen LogP contribution < -0.4 is 5.43 Å². The molecule has 0 spiro atoms.